The molecule has 0 aliphatic carbocycles. The molecule has 0 unspecified atom stereocenters. The maximum Gasteiger partial charge on any atom is 0.420 e. The lowest BCUT2D eigenvalue weighted by molar-refractivity contribution is -0.138. The molecule has 0 saturated carbocycles. The van der Waals surface area contributed by atoms with Crippen LogP contribution in [0.5, 0.6) is 5.75 Å². The van der Waals surface area contributed by atoms with Gasteiger partial charge in [0.15, 0.2) is 15.6 Å². The van der Waals surface area contributed by atoms with Gasteiger partial charge in [0.25, 0.3) is 0 Å². The molecule has 2 aromatic carbocycles. The molecule has 6 nitrogen and oxygen atoms in total. The number of hydrogen-bond acceptors (Lipinski definition) is 6. The second kappa shape index (κ2) is 8.51. The van der Waals surface area contributed by atoms with E-state index >= 15 is 0 Å². The molecule has 2 aromatic heterocycles. The molecule has 0 spiro atoms. The van der Waals surface area contributed by atoms with Crippen LogP contribution in [0, 0.1) is 0 Å². The van der Waals surface area contributed by atoms with E-state index in [1.165, 1.54) is 48.1 Å². The molecule has 35 heavy (non-hydrogen) atoms. The van der Waals surface area contributed by atoms with E-state index in [-0.39, 0.29) is 16.3 Å². The summed E-state index contributed by atoms with van der Waals surface area (Å²) in [4.78, 5) is 1.47. The molecule has 2 N–H and O–H groups in total. The van der Waals surface area contributed by atoms with Crippen molar-refractivity contribution in [3.63, 3.8) is 0 Å². The van der Waals surface area contributed by atoms with Gasteiger partial charge in [-0.3, -0.25) is 0 Å². The standard InChI is InChI=1S/C24H21F3N2O4S2/c1-23(2,31)21-13-18(29(28-21)17-9-5-8-16(22(17)30)24(25,26)27)20-11-10-19(34-20)14-6-4-7-15(12-14)35(3,32)33/h4-13,30-31H,1-3H3. The molecule has 0 aliphatic rings. The van der Waals surface area contributed by atoms with Crippen LogP contribution in [0.25, 0.3) is 26.7 Å². The molecule has 0 bridgehead atoms. The number of hydrogen-bond donors (Lipinski definition) is 2. The number of aliphatic hydroxyl groups is 1. The number of para-hydroxylation sites is 1. The first-order valence-corrected chi connectivity index (χ1v) is 13.0. The third kappa shape index (κ3) is 4.97. The SMILES string of the molecule is CC(C)(O)c1cc(-c2ccc(-c3cccc(S(C)(=O)=O)c3)s2)n(-c2cccc(C(F)(F)F)c2O)n1. The number of sulfone groups is 1. The summed E-state index contributed by atoms with van der Waals surface area (Å²) in [6.45, 7) is 2.98. The van der Waals surface area contributed by atoms with Gasteiger partial charge in [-0.15, -0.1) is 11.3 Å². The first-order chi connectivity index (χ1) is 16.2. The van der Waals surface area contributed by atoms with Crippen molar-refractivity contribution in [2.45, 2.75) is 30.5 Å². The molecular formula is C24H21F3N2O4S2. The van der Waals surface area contributed by atoms with E-state index in [0.29, 0.717) is 16.1 Å². The summed E-state index contributed by atoms with van der Waals surface area (Å²) in [7, 11) is -3.41. The Bertz CT molecular complexity index is 1510. The Hall–Kier alpha value is -3.15. The van der Waals surface area contributed by atoms with Crippen molar-refractivity contribution in [3.8, 4) is 32.4 Å². The van der Waals surface area contributed by atoms with E-state index in [4.69, 9.17) is 0 Å². The summed E-state index contributed by atoms with van der Waals surface area (Å²) in [5.74, 6) is -0.982. The number of phenolic OH excluding ortho intramolecular Hbond substituents is 1. The number of aromatic nitrogens is 2. The minimum absolute atomic E-state index is 0.160. The van der Waals surface area contributed by atoms with Crippen molar-refractivity contribution in [1.82, 2.24) is 9.78 Å². The van der Waals surface area contributed by atoms with Crippen molar-refractivity contribution in [3.05, 3.63) is 71.9 Å². The monoisotopic (exact) mass is 522 g/mol. The molecule has 0 aliphatic heterocycles. The Kier molecular flexibility index (Phi) is 6.06. The Balaban J connectivity index is 1.88. The van der Waals surface area contributed by atoms with E-state index in [0.717, 1.165) is 17.2 Å². The number of aromatic hydroxyl groups is 1. The lowest BCUT2D eigenvalue weighted by Gasteiger charge is -2.15. The third-order valence-electron chi connectivity index (χ3n) is 5.29. The van der Waals surface area contributed by atoms with Gasteiger partial charge in [0.05, 0.1) is 26.7 Å². The van der Waals surface area contributed by atoms with Gasteiger partial charge in [0.2, 0.25) is 0 Å². The molecule has 0 radical (unpaired) electrons. The first kappa shape index (κ1) is 25.0. The van der Waals surface area contributed by atoms with Crippen molar-refractivity contribution in [2.24, 2.45) is 0 Å². The number of alkyl halides is 3. The number of thiophene rings is 1. The van der Waals surface area contributed by atoms with E-state index in [9.17, 15) is 31.8 Å². The van der Waals surface area contributed by atoms with Crippen LogP contribution in [0.4, 0.5) is 13.2 Å². The predicted octanol–water partition coefficient (Wildman–Crippen LogP) is 5.62. The van der Waals surface area contributed by atoms with Crippen LogP contribution in [0.3, 0.4) is 0 Å². The Morgan fingerprint density at radius 2 is 1.63 bits per heavy atom. The van der Waals surface area contributed by atoms with Gasteiger partial charge >= 0.3 is 6.18 Å². The molecule has 0 fully saturated rings. The fourth-order valence-corrected chi connectivity index (χ4v) is 5.15. The van der Waals surface area contributed by atoms with Crippen LogP contribution in [-0.4, -0.2) is 34.7 Å². The third-order valence-corrected chi connectivity index (χ3v) is 7.56. The second-order valence-electron chi connectivity index (χ2n) is 8.52. The van der Waals surface area contributed by atoms with Crippen LogP contribution < -0.4 is 0 Å². The number of benzene rings is 2. The second-order valence-corrected chi connectivity index (χ2v) is 11.6. The Labute approximate surface area is 203 Å². The Morgan fingerprint density at radius 3 is 2.26 bits per heavy atom. The lowest BCUT2D eigenvalue weighted by atomic mass is 10.1. The van der Waals surface area contributed by atoms with Crippen molar-refractivity contribution in [1.29, 1.82) is 0 Å². The van der Waals surface area contributed by atoms with Gasteiger partial charge in [-0.05, 0) is 61.9 Å². The largest absolute Gasteiger partial charge is 0.505 e. The summed E-state index contributed by atoms with van der Waals surface area (Å²) in [5.41, 5.74) is -1.60. The van der Waals surface area contributed by atoms with Gasteiger partial charge in [-0.25, -0.2) is 13.1 Å². The zero-order valence-electron chi connectivity index (χ0n) is 18.8. The van der Waals surface area contributed by atoms with Crippen molar-refractivity contribution < 1.29 is 31.8 Å². The highest BCUT2D eigenvalue weighted by atomic mass is 32.2. The van der Waals surface area contributed by atoms with Crippen LogP contribution in [0.1, 0.15) is 25.1 Å². The van der Waals surface area contributed by atoms with E-state index in [2.05, 4.69) is 5.10 Å². The Morgan fingerprint density at radius 1 is 0.971 bits per heavy atom. The summed E-state index contributed by atoms with van der Waals surface area (Å²) < 4.78 is 65.2. The average molecular weight is 523 g/mol. The number of rotatable bonds is 5. The molecule has 4 aromatic rings. The predicted molar refractivity (Wildman–Crippen MR) is 127 cm³/mol. The summed E-state index contributed by atoms with van der Waals surface area (Å²) in [6, 6.07) is 14.7. The maximum absolute atomic E-state index is 13.4. The maximum atomic E-state index is 13.4. The van der Waals surface area contributed by atoms with Gasteiger partial charge in [-0.2, -0.15) is 18.3 Å². The molecule has 11 heteroatoms. The highest BCUT2D eigenvalue weighted by molar-refractivity contribution is 7.90. The molecule has 2 heterocycles. The van der Waals surface area contributed by atoms with Gasteiger partial charge in [-0.1, -0.05) is 18.2 Å². The lowest BCUT2D eigenvalue weighted by Crippen LogP contribution is -2.16. The van der Waals surface area contributed by atoms with Crippen LogP contribution >= 0.6 is 11.3 Å². The summed E-state index contributed by atoms with van der Waals surface area (Å²) in [5, 5.41) is 25.3. The topological polar surface area (TPSA) is 92.4 Å². The normalized spacial score (nSPS) is 12.8. The summed E-state index contributed by atoms with van der Waals surface area (Å²) in [6.07, 6.45) is -3.66. The minimum Gasteiger partial charge on any atom is -0.505 e. The number of phenols is 1. The van der Waals surface area contributed by atoms with Gasteiger partial charge in [0.1, 0.15) is 11.3 Å². The minimum atomic E-state index is -4.77. The molecule has 0 amide bonds. The first-order valence-electron chi connectivity index (χ1n) is 10.3. The number of halogens is 3. The van der Waals surface area contributed by atoms with Gasteiger partial charge < -0.3 is 10.2 Å². The van der Waals surface area contributed by atoms with Crippen molar-refractivity contribution in [2.75, 3.05) is 6.26 Å². The molecule has 0 atom stereocenters. The fourth-order valence-electron chi connectivity index (χ4n) is 3.48. The molecule has 184 valence electrons. The molecular weight excluding hydrogens is 501 g/mol. The van der Waals surface area contributed by atoms with Crippen LogP contribution in [0.2, 0.25) is 0 Å². The molecule has 4 rings (SSSR count). The zero-order chi connectivity index (χ0) is 25.8. The average Bonchev–Trinajstić information content (AvgIpc) is 3.40. The number of nitrogens with zero attached hydrogens (tertiary/aromatic N) is 2. The van der Waals surface area contributed by atoms with Crippen molar-refractivity contribution >= 4 is 21.2 Å². The smallest absolute Gasteiger partial charge is 0.420 e. The highest BCUT2D eigenvalue weighted by Crippen LogP contribution is 2.42. The van der Waals surface area contributed by atoms with E-state index in [1.807, 2.05) is 0 Å². The van der Waals surface area contributed by atoms with E-state index in [1.54, 1.807) is 36.4 Å². The zero-order valence-corrected chi connectivity index (χ0v) is 20.5. The highest BCUT2D eigenvalue weighted by Gasteiger charge is 2.35. The molecule has 0 saturated heterocycles. The quantitative estimate of drug-likeness (QED) is 0.355. The summed E-state index contributed by atoms with van der Waals surface area (Å²) >= 11 is 1.27. The van der Waals surface area contributed by atoms with Crippen LogP contribution in [-0.2, 0) is 21.6 Å². The van der Waals surface area contributed by atoms with Gasteiger partial charge in [0, 0.05) is 11.1 Å². The van der Waals surface area contributed by atoms with Crippen LogP contribution in [0.15, 0.2) is 65.6 Å². The van der Waals surface area contributed by atoms with E-state index < -0.39 is 32.9 Å². The fraction of sp³-hybridized carbons (Fsp3) is 0.208.